The molecule has 0 saturated carbocycles. The van der Waals surface area contributed by atoms with E-state index in [2.05, 4.69) is 43.5 Å². The number of unbranched alkanes of at least 4 members (excludes halogenated alkanes) is 51. The fourth-order valence-corrected chi connectivity index (χ4v) is 11.9. The van der Waals surface area contributed by atoms with Crippen LogP contribution in [0, 0.1) is 0 Å². The highest BCUT2D eigenvalue weighted by Gasteiger charge is 2.23. The van der Waals surface area contributed by atoms with Crippen LogP contribution in [0.1, 0.15) is 373 Å². The summed E-state index contributed by atoms with van der Waals surface area (Å²) >= 11 is 0. The van der Waals surface area contributed by atoms with Crippen molar-refractivity contribution in [2.24, 2.45) is 0 Å². The number of aliphatic hydroxyl groups is 1. The molecule has 1 amide bonds. The van der Waals surface area contributed by atoms with Gasteiger partial charge in [-0.3, -0.25) is 9.36 Å². The highest BCUT2D eigenvalue weighted by Crippen LogP contribution is 2.38. The number of aliphatic hydroxyl groups excluding tert-OH is 1. The number of hydrogen-bond acceptors (Lipinski definition) is 6. The summed E-state index contributed by atoms with van der Waals surface area (Å²) in [6, 6.07) is -0.910. The lowest BCUT2D eigenvalue weighted by Crippen LogP contribution is -2.45. The molecule has 0 aliphatic heterocycles. The Bertz CT molecular complexity index is 1430. The number of phosphoric acid groups is 1. The molecule has 0 aliphatic carbocycles. The number of allylic oxidation sites excluding steroid dienone is 5. The zero-order chi connectivity index (χ0) is 59.8. The van der Waals surface area contributed by atoms with E-state index in [1.807, 2.05) is 27.2 Å². The zero-order valence-electron chi connectivity index (χ0n) is 55.7. The zero-order valence-corrected chi connectivity index (χ0v) is 56.6. The van der Waals surface area contributed by atoms with Gasteiger partial charge in [0.15, 0.2) is 0 Å². The number of phosphoric ester groups is 1. The second kappa shape index (κ2) is 64.2. The highest BCUT2D eigenvalue weighted by atomic mass is 31.2. The molecule has 0 heterocycles. The molecule has 0 fully saturated rings. The molecule has 0 rings (SSSR count). The minimum absolute atomic E-state index is 0.00705. The van der Waals surface area contributed by atoms with Gasteiger partial charge in [0, 0.05) is 6.42 Å². The Morgan fingerprint density at radius 2 is 0.683 bits per heavy atom. The molecular formula is C73H143N2O6P. The summed E-state index contributed by atoms with van der Waals surface area (Å²) in [5, 5.41) is 13.9. The van der Waals surface area contributed by atoms with Crippen LogP contribution in [0.25, 0.3) is 0 Å². The predicted molar refractivity (Wildman–Crippen MR) is 358 cm³/mol. The van der Waals surface area contributed by atoms with Crippen LogP contribution >= 0.6 is 7.82 Å². The van der Waals surface area contributed by atoms with Crippen LogP contribution in [0.4, 0.5) is 0 Å². The topological polar surface area (TPSA) is 108 Å². The van der Waals surface area contributed by atoms with Gasteiger partial charge in [0.05, 0.1) is 39.9 Å². The summed E-state index contributed by atoms with van der Waals surface area (Å²) < 4.78 is 23.4. The first-order valence-electron chi connectivity index (χ1n) is 36.4. The first-order valence-corrected chi connectivity index (χ1v) is 37.8. The quantitative estimate of drug-likeness (QED) is 0.0272. The van der Waals surface area contributed by atoms with E-state index in [0.717, 1.165) is 44.9 Å². The third kappa shape index (κ3) is 66.2. The molecule has 3 unspecified atom stereocenters. The van der Waals surface area contributed by atoms with Crippen LogP contribution in [0.5, 0.6) is 0 Å². The number of likely N-dealkylation sites (N-methyl/N-ethyl adjacent to an activating group) is 1. The Morgan fingerprint density at radius 1 is 0.415 bits per heavy atom. The number of rotatable bonds is 68. The van der Waals surface area contributed by atoms with Crippen LogP contribution in [0.3, 0.4) is 0 Å². The van der Waals surface area contributed by atoms with Crippen LogP contribution in [-0.4, -0.2) is 68.5 Å². The molecule has 0 aromatic heterocycles. The van der Waals surface area contributed by atoms with Gasteiger partial charge in [-0.1, -0.05) is 359 Å². The van der Waals surface area contributed by atoms with E-state index in [4.69, 9.17) is 9.05 Å². The summed E-state index contributed by atoms with van der Waals surface area (Å²) in [4.78, 5) is 25.6. The summed E-state index contributed by atoms with van der Waals surface area (Å²) in [7, 11) is 1.25. The monoisotopic (exact) mass is 1180 g/mol. The van der Waals surface area contributed by atoms with Crippen molar-refractivity contribution >= 4 is 13.7 Å². The second-order valence-corrected chi connectivity index (χ2v) is 27.7. The average Bonchev–Trinajstić information content (AvgIpc) is 3.45. The van der Waals surface area contributed by atoms with Gasteiger partial charge in [-0.2, -0.15) is 0 Å². The second-order valence-electron chi connectivity index (χ2n) is 26.3. The van der Waals surface area contributed by atoms with Crippen molar-refractivity contribution in [1.82, 2.24) is 5.32 Å². The minimum atomic E-state index is -4.61. The molecule has 0 aliphatic rings. The largest absolute Gasteiger partial charge is 0.756 e. The van der Waals surface area contributed by atoms with Crippen LogP contribution in [0.2, 0.25) is 0 Å². The predicted octanol–water partition coefficient (Wildman–Crippen LogP) is 22.6. The van der Waals surface area contributed by atoms with Crippen molar-refractivity contribution < 1.29 is 32.9 Å². The minimum Gasteiger partial charge on any atom is -0.756 e. The first kappa shape index (κ1) is 80.7. The Labute approximate surface area is 512 Å². The van der Waals surface area contributed by atoms with Crippen molar-refractivity contribution in [3.05, 3.63) is 36.5 Å². The van der Waals surface area contributed by atoms with Crippen molar-refractivity contribution in [1.29, 1.82) is 0 Å². The van der Waals surface area contributed by atoms with Gasteiger partial charge in [-0.15, -0.1) is 0 Å². The van der Waals surface area contributed by atoms with Gasteiger partial charge in [0.1, 0.15) is 13.2 Å². The maximum Gasteiger partial charge on any atom is 0.268 e. The number of hydrogen-bond donors (Lipinski definition) is 2. The smallest absolute Gasteiger partial charge is 0.268 e. The summed E-state index contributed by atoms with van der Waals surface area (Å²) in [6.45, 7) is 4.68. The maximum atomic E-state index is 13.0. The number of carbonyl (C=O) groups excluding carboxylic acids is 1. The lowest BCUT2D eigenvalue weighted by molar-refractivity contribution is -0.870. The van der Waals surface area contributed by atoms with Crippen molar-refractivity contribution in [2.75, 3.05) is 40.9 Å². The van der Waals surface area contributed by atoms with Crippen molar-refractivity contribution in [3.8, 4) is 0 Å². The van der Waals surface area contributed by atoms with Gasteiger partial charge in [0.2, 0.25) is 5.91 Å². The molecule has 0 saturated heterocycles. The number of carbonyl (C=O) groups is 1. The highest BCUT2D eigenvalue weighted by molar-refractivity contribution is 7.45. The lowest BCUT2D eigenvalue weighted by atomic mass is 10.0. The van der Waals surface area contributed by atoms with E-state index < -0.39 is 26.6 Å². The van der Waals surface area contributed by atoms with E-state index in [1.165, 1.54) is 308 Å². The number of nitrogens with one attached hydrogen (secondary N) is 1. The standard InChI is InChI=1S/C73H143N2O6P/c1-6-8-10-12-14-16-18-20-22-24-26-28-30-32-34-35-36-37-38-39-40-41-43-45-47-49-51-53-55-57-59-61-63-65-67-73(77)74-71(70-81-82(78,79)80-69-68-75(3,4)5)72(76)66-64-62-60-58-56-54-52-50-48-46-44-42-33-31-29-27-25-23-21-19-17-15-13-11-9-7-2/h48,50,56,58,64,66,71-72,76H,6-47,49,51-55,57,59-63,65,67-70H2,1-5H3,(H-,74,77,78,79)/b50-48+,58-56+,66-64+. The molecule has 8 nitrogen and oxygen atoms in total. The molecule has 9 heteroatoms. The molecule has 0 bridgehead atoms. The number of amides is 1. The molecule has 0 aromatic carbocycles. The maximum absolute atomic E-state index is 13.0. The third-order valence-electron chi connectivity index (χ3n) is 16.8. The average molecular weight is 1180 g/mol. The van der Waals surface area contributed by atoms with Gasteiger partial charge in [-0.25, -0.2) is 0 Å². The van der Waals surface area contributed by atoms with Crippen LogP contribution in [0.15, 0.2) is 36.5 Å². The molecule has 0 radical (unpaired) electrons. The Morgan fingerprint density at radius 3 is 0.988 bits per heavy atom. The Balaban J connectivity index is 4.04. The van der Waals surface area contributed by atoms with E-state index in [9.17, 15) is 19.4 Å². The van der Waals surface area contributed by atoms with Gasteiger partial charge < -0.3 is 28.8 Å². The van der Waals surface area contributed by atoms with Crippen molar-refractivity contribution in [2.45, 2.75) is 386 Å². The van der Waals surface area contributed by atoms with E-state index in [-0.39, 0.29) is 12.5 Å². The molecule has 82 heavy (non-hydrogen) atoms. The van der Waals surface area contributed by atoms with E-state index >= 15 is 0 Å². The molecular weight excluding hydrogens is 1030 g/mol. The van der Waals surface area contributed by atoms with E-state index in [1.54, 1.807) is 6.08 Å². The van der Waals surface area contributed by atoms with Crippen LogP contribution in [-0.2, 0) is 18.4 Å². The third-order valence-corrected chi connectivity index (χ3v) is 17.8. The molecule has 2 N–H and O–H groups in total. The summed E-state index contributed by atoms with van der Waals surface area (Å²) in [6.07, 6.45) is 85.8. The summed E-state index contributed by atoms with van der Waals surface area (Å²) in [5.74, 6) is -0.203. The van der Waals surface area contributed by atoms with Gasteiger partial charge in [-0.05, 0) is 44.9 Å². The number of nitrogens with zero attached hydrogens (tertiary/aromatic N) is 1. The lowest BCUT2D eigenvalue weighted by Gasteiger charge is -2.29. The number of quaternary nitrogens is 1. The molecule has 0 aromatic rings. The van der Waals surface area contributed by atoms with Gasteiger partial charge >= 0.3 is 0 Å². The SMILES string of the molecule is CCCCCCCCCCCCCCCCCC/C=C/CC/C=C/CC/C=C/C(O)C(COP(=O)([O-])OCC[N+](C)(C)C)NC(=O)CCCCCCCCCCCCCCCCCCCCCCCCCCCCCCCCCCCC. The van der Waals surface area contributed by atoms with Gasteiger partial charge in [0.25, 0.3) is 7.82 Å². The fourth-order valence-electron chi connectivity index (χ4n) is 11.2. The van der Waals surface area contributed by atoms with Crippen molar-refractivity contribution in [3.63, 3.8) is 0 Å². The Kier molecular flexibility index (Phi) is 63.2. The first-order chi connectivity index (χ1) is 40.0. The van der Waals surface area contributed by atoms with Crippen LogP contribution < -0.4 is 10.2 Å². The Hall–Kier alpha value is -1.28. The normalized spacial score (nSPS) is 13.8. The fraction of sp³-hybridized carbons (Fsp3) is 0.904. The molecule has 0 spiro atoms. The molecule has 3 atom stereocenters. The summed E-state index contributed by atoms with van der Waals surface area (Å²) in [5.41, 5.74) is 0. The molecule has 486 valence electrons. The van der Waals surface area contributed by atoms with E-state index in [0.29, 0.717) is 17.4 Å².